The normalized spacial score (nSPS) is 15.1. The van der Waals surface area contributed by atoms with Gasteiger partial charge in [-0.2, -0.15) is 5.10 Å². The molecule has 0 aliphatic carbocycles. The minimum Gasteiger partial charge on any atom is -0.349 e. The first-order valence-corrected chi connectivity index (χ1v) is 10.2. The number of likely N-dealkylation sites (N-methyl/N-ethyl adjacent to an activating group) is 1. The summed E-state index contributed by atoms with van der Waals surface area (Å²) < 4.78 is 3.55. The molecule has 7 heteroatoms. The van der Waals surface area contributed by atoms with Gasteiger partial charge in [-0.25, -0.2) is 4.68 Å². The van der Waals surface area contributed by atoms with Gasteiger partial charge in [0.05, 0.1) is 17.6 Å². The van der Waals surface area contributed by atoms with Crippen molar-refractivity contribution in [2.24, 2.45) is 12.1 Å². The summed E-state index contributed by atoms with van der Waals surface area (Å²) in [5.41, 5.74) is 4.15. The van der Waals surface area contributed by atoms with Gasteiger partial charge in [0.15, 0.2) is 0 Å². The van der Waals surface area contributed by atoms with Crippen molar-refractivity contribution in [3.05, 3.63) is 76.2 Å². The van der Waals surface area contributed by atoms with Gasteiger partial charge in [-0.05, 0) is 43.8 Å². The molecule has 0 saturated carbocycles. The minimum atomic E-state index is -0.0677. The van der Waals surface area contributed by atoms with E-state index in [2.05, 4.69) is 27.4 Å². The third-order valence-corrected chi connectivity index (χ3v) is 5.58. The molecule has 0 bridgehead atoms. The van der Waals surface area contributed by atoms with E-state index in [-0.39, 0.29) is 5.56 Å². The molecule has 2 aromatic carbocycles. The first-order chi connectivity index (χ1) is 14.5. The van der Waals surface area contributed by atoms with Gasteiger partial charge >= 0.3 is 0 Å². The molecular weight excluding hydrogens is 376 g/mol. The fraction of sp³-hybridized carbons (Fsp3) is 0.304. The minimum absolute atomic E-state index is 0.0677. The highest BCUT2D eigenvalue weighted by molar-refractivity contribution is 5.80. The summed E-state index contributed by atoms with van der Waals surface area (Å²) in [6.45, 7) is 5.93. The van der Waals surface area contributed by atoms with E-state index in [1.807, 2.05) is 79.5 Å². The standard InChI is InChI=1S/C23H28N6O/c1-18-22(23(30)29(27(18)3)21-7-5-4-6-8-21)25-20-11-9-19(10-12-20)17-24-28-15-13-26(2)14-16-28/h4-12,17,25H,13-16H2,1-3H3/b24-17-. The van der Waals surface area contributed by atoms with Crippen molar-refractivity contribution < 1.29 is 0 Å². The molecule has 156 valence electrons. The van der Waals surface area contributed by atoms with E-state index in [4.69, 9.17) is 0 Å². The molecule has 1 N–H and O–H groups in total. The van der Waals surface area contributed by atoms with Crippen molar-refractivity contribution in [2.45, 2.75) is 6.92 Å². The molecule has 7 nitrogen and oxygen atoms in total. The molecule has 1 fully saturated rings. The molecule has 1 aliphatic rings. The van der Waals surface area contributed by atoms with E-state index in [0.717, 1.165) is 48.8 Å². The molecule has 0 unspecified atom stereocenters. The molecular formula is C23H28N6O. The second-order valence-electron chi connectivity index (χ2n) is 7.69. The molecule has 0 spiro atoms. The van der Waals surface area contributed by atoms with Gasteiger partial charge in [0.1, 0.15) is 5.69 Å². The van der Waals surface area contributed by atoms with Gasteiger partial charge < -0.3 is 10.2 Å². The number of benzene rings is 2. The number of anilines is 2. The fourth-order valence-corrected chi connectivity index (χ4v) is 3.57. The maximum atomic E-state index is 13.0. The average Bonchev–Trinajstić information content (AvgIpc) is 2.98. The Kier molecular flexibility index (Phi) is 5.72. The van der Waals surface area contributed by atoms with E-state index in [1.165, 1.54) is 0 Å². The smallest absolute Gasteiger partial charge is 0.295 e. The number of hydrogen-bond donors (Lipinski definition) is 1. The number of aromatic nitrogens is 2. The Balaban J connectivity index is 1.49. The van der Waals surface area contributed by atoms with Crippen LogP contribution in [0.2, 0.25) is 0 Å². The lowest BCUT2D eigenvalue weighted by molar-refractivity contribution is 0.159. The van der Waals surface area contributed by atoms with Crippen LogP contribution in [0.5, 0.6) is 0 Å². The predicted molar refractivity (Wildman–Crippen MR) is 122 cm³/mol. The summed E-state index contributed by atoms with van der Waals surface area (Å²) in [4.78, 5) is 15.3. The fourth-order valence-electron chi connectivity index (χ4n) is 3.57. The van der Waals surface area contributed by atoms with Crippen molar-refractivity contribution in [3.63, 3.8) is 0 Å². The summed E-state index contributed by atoms with van der Waals surface area (Å²) >= 11 is 0. The molecule has 30 heavy (non-hydrogen) atoms. The largest absolute Gasteiger partial charge is 0.349 e. The molecule has 0 atom stereocenters. The topological polar surface area (TPSA) is 57.8 Å². The molecule has 1 aromatic heterocycles. The van der Waals surface area contributed by atoms with Crippen LogP contribution in [0.25, 0.3) is 5.69 Å². The first-order valence-electron chi connectivity index (χ1n) is 10.2. The van der Waals surface area contributed by atoms with E-state index >= 15 is 0 Å². The van der Waals surface area contributed by atoms with Gasteiger partial charge in [-0.15, -0.1) is 0 Å². The Morgan fingerprint density at radius 1 is 0.933 bits per heavy atom. The van der Waals surface area contributed by atoms with Crippen molar-refractivity contribution in [1.82, 2.24) is 19.3 Å². The molecule has 1 aliphatic heterocycles. The highest BCUT2D eigenvalue weighted by atomic mass is 16.1. The number of rotatable bonds is 5. The van der Waals surface area contributed by atoms with Crippen molar-refractivity contribution >= 4 is 17.6 Å². The van der Waals surface area contributed by atoms with Crippen LogP contribution in [-0.2, 0) is 7.05 Å². The second-order valence-corrected chi connectivity index (χ2v) is 7.69. The third-order valence-electron chi connectivity index (χ3n) is 5.58. The van der Waals surface area contributed by atoms with E-state index in [1.54, 1.807) is 4.68 Å². The Morgan fingerprint density at radius 2 is 1.60 bits per heavy atom. The molecule has 0 amide bonds. The summed E-state index contributed by atoms with van der Waals surface area (Å²) in [5.74, 6) is 0. The Hall–Kier alpha value is -3.32. The number of nitrogens with zero attached hydrogens (tertiary/aromatic N) is 5. The molecule has 0 radical (unpaired) electrons. The van der Waals surface area contributed by atoms with Crippen LogP contribution in [0.15, 0.2) is 64.5 Å². The van der Waals surface area contributed by atoms with Crippen LogP contribution in [0.3, 0.4) is 0 Å². The number of nitrogens with one attached hydrogen (secondary N) is 1. The summed E-state index contributed by atoms with van der Waals surface area (Å²) in [5, 5.41) is 9.98. The summed E-state index contributed by atoms with van der Waals surface area (Å²) in [6.07, 6.45) is 1.89. The van der Waals surface area contributed by atoms with Gasteiger partial charge in [0, 0.05) is 38.9 Å². The number of hydrazone groups is 1. The summed E-state index contributed by atoms with van der Waals surface area (Å²) in [7, 11) is 4.03. The lowest BCUT2D eigenvalue weighted by atomic mass is 10.2. The lowest BCUT2D eigenvalue weighted by Crippen LogP contribution is -2.41. The maximum absolute atomic E-state index is 13.0. The molecule has 3 aromatic rings. The van der Waals surface area contributed by atoms with Crippen LogP contribution >= 0.6 is 0 Å². The van der Waals surface area contributed by atoms with Crippen molar-refractivity contribution in [3.8, 4) is 5.69 Å². The van der Waals surface area contributed by atoms with E-state index < -0.39 is 0 Å². The zero-order valence-electron chi connectivity index (χ0n) is 17.7. The Morgan fingerprint density at radius 3 is 2.27 bits per heavy atom. The number of hydrogen-bond acceptors (Lipinski definition) is 5. The number of para-hydroxylation sites is 1. The number of piperazine rings is 1. The quantitative estimate of drug-likeness (QED) is 0.665. The SMILES string of the molecule is Cc1c(Nc2ccc(/C=N\N3CCN(C)CC3)cc2)c(=O)n(-c2ccccc2)n1C. The van der Waals surface area contributed by atoms with Gasteiger partial charge in [-0.1, -0.05) is 30.3 Å². The van der Waals surface area contributed by atoms with E-state index in [0.29, 0.717) is 5.69 Å². The summed E-state index contributed by atoms with van der Waals surface area (Å²) in [6, 6.07) is 17.6. The van der Waals surface area contributed by atoms with Crippen LogP contribution in [0, 0.1) is 6.92 Å². The van der Waals surface area contributed by atoms with Crippen LogP contribution in [-0.4, -0.2) is 58.7 Å². The molecule has 2 heterocycles. The van der Waals surface area contributed by atoms with Crippen LogP contribution in [0.4, 0.5) is 11.4 Å². The average molecular weight is 405 g/mol. The first kappa shape index (κ1) is 20.0. The van der Waals surface area contributed by atoms with Crippen LogP contribution in [0.1, 0.15) is 11.3 Å². The predicted octanol–water partition coefficient (Wildman–Crippen LogP) is 2.81. The monoisotopic (exact) mass is 404 g/mol. The molecule has 4 rings (SSSR count). The highest BCUT2D eigenvalue weighted by Gasteiger charge is 2.16. The highest BCUT2D eigenvalue weighted by Crippen LogP contribution is 2.19. The zero-order valence-corrected chi connectivity index (χ0v) is 17.7. The molecule has 1 saturated heterocycles. The van der Waals surface area contributed by atoms with Crippen molar-refractivity contribution in [2.75, 3.05) is 38.5 Å². The van der Waals surface area contributed by atoms with Gasteiger partial charge in [-0.3, -0.25) is 14.5 Å². The van der Waals surface area contributed by atoms with Crippen molar-refractivity contribution in [1.29, 1.82) is 0 Å². The zero-order chi connectivity index (χ0) is 21.1. The Labute approximate surface area is 176 Å². The Bertz CT molecular complexity index is 1070. The van der Waals surface area contributed by atoms with Gasteiger partial charge in [0.25, 0.3) is 5.56 Å². The maximum Gasteiger partial charge on any atom is 0.295 e. The van der Waals surface area contributed by atoms with Crippen LogP contribution < -0.4 is 10.9 Å². The van der Waals surface area contributed by atoms with E-state index in [9.17, 15) is 4.79 Å². The lowest BCUT2D eigenvalue weighted by Gasteiger charge is -2.30. The third kappa shape index (κ3) is 4.16. The van der Waals surface area contributed by atoms with Gasteiger partial charge in [0.2, 0.25) is 0 Å². The second kappa shape index (κ2) is 8.59.